The highest BCUT2D eigenvalue weighted by Gasteiger charge is 2.31. The monoisotopic (exact) mass is 252 g/mol. The Kier molecular flexibility index (Phi) is 4.36. The summed E-state index contributed by atoms with van der Waals surface area (Å²) in [7, 11) is 0. The molecule has 0 radical (unpaired) electrons. The summed E-state index contributed by atoms with van der Waals surface area (Å²) in [6.07, 6.45) is 2.53. The smallest absolute Gasteiger partial charge is 0.123 e. The van der Waals surface area contributed by atoms with Crippen molar-refractivity contribution in [2.24, 2.45) is 5.92 Å². The molecule has 0 saturated heterocycles. The summed E-state index contributed by atoms with van der Waals surface area (Å²) in [6.45, 7) is 4.59. The lowest BCUT2D eigenvalue weighted by Gasteiger charge is -2.36. The first-order chi connectivity index (χ1) is 8.58. The van der Waals surface area contributed by atoms with Crippen molar-refractivity contribution in [1.82, 2.24) is 0 Å². The maximum atomic E-state index is 13.3. The number of benzene rings is 1. The van der Waals surface area contributed by atoms with Gasteiger partial charge in [0.05, 0.1) is 12.2 Å². The number of hydrogen-bond donors (Lipinski definition) is 1. The fourth-order valence-electron chi connectivity index (χ4n) is 2.65. The van der Waals surface area contributed by atoms with Gasteiger partial charge in [-0.15, -0.1) is 0 Å². The molecule has 0 amide bonds. The SMILES string of the molecule is CCOC1CC(CC(O)c2cc(C)cc(F)c2)C1. The molecule has 1 fully saturated rings. The zero-order chi connectivity index (χ0) is 13.1. The lowest BCUT2D eigenvalue weighted by Crippen LogP contribution is -2.32. The zero-order valence-electron chi connectivity index (χ0n) is 11.0. The van der Waals surface area contributed by atoms with Gasteiger partial charge in [-0.3, -0.25) is 0 Å². The summed E-state index contributed by atoms with van der Waals surface area (Å²) in [4.78, 5) is 0. The Morgan fingerprint density at radius 2 is 2.11 bits per heavy atom. The number of aliphatic hydroxyl groups excluding tert-OH is 1. The van der Waals surface area contributed by atoms with Crippen LogP contribution in [0.4, 0.5) is 4.39 Å². The maximum absolute atomic E-state index is 13.3. The highest BCUT2D eigenvalue weighted by molar-refractivity contribution is 5.25. The first-order valence-corrected chi connectivity index (χ1v) is 6.65. The zero-order valence-corrected chi connectivity index (χ0v) is 11.0. The Labute approximate surface area is 108 Å². The van der Waals surface area contributed by atoms with E-state index in [1.54, 1.807) is 0 Å². The van der Waals surface area contributed by atoms with Crippen molar-refractivity contribution in [3.63, 3.8) is 0 Å². The largest absolute Gasteiger partial charge is 0.388 e. The van der Waals surface area contributed by atoms with Gasteiger partial charge in [0.2, 0.25) is 0 Å². The van der Waals surface area contributed by atoms with Gasteiger partial charge < -0.3 is 9.84 Å². The number of hydrogen-bond acceptors (Lipinski definition) is 2. The Hall–Kier alpha value is -0.930. The van der Waals surface area contributed by atoms with E-state index in [1.165, 1.54) is 12.1 Å². The number of rotatable bonds is 5. The molecule has 1 unspecified atom stereocenters. The molecule has 18 heavy (non-hydrogen) atoms. The summed E-state index contributed by atoms with van der Waals surface area (Å²) in [5.41, 5.74) is 1.54. The minimum Gasteiger partial charge on any atom is -0.388 e. The van der Waals surface area contributed by atoms with Crippen molar-refractivity contribution in [1.29, 1.82) is 0 Å². The van der Waals surface area contributed by atoms with E-state index in [1.807, 2.05) is 19.9 Å². The van der Waals surface area contributed by atoms with E-state index in [4.69, 9.17) is 4.74 Å². The summed E-state index contributed by atoms with van der Waals surface area (Å²) < 4.78 is 18.7. The van der Waals surface area contributed by atoms with E-state index in [-0.39, 0.29) is 5.82 Å². The molecule has 0 aliphatic heterocycles. The third-order valence-electron chi connectivity index (χ3n) is 3.60. The van der Waals surface area contributed by atoms with E-state index < -0.39 is 6.10 Å². The molecule has 0 heterocycles. The van der Waals surface area contributed by atoms with Crippen molar-refractivity contribution >= 4 is 0 Å². The van der Waals surface area contributed by atoms with Crippen LogP contribution in [0.25, 0.3) is 0 Å². The maximum Gasteiger partial charge on any atom is 0.123 e. The second-order valence-electron chi connectivity index (χ2n) is 5.23. The van der Waals surface area contributed by atoms with Crippen molar-refractivity contribution in [2.45, 2.75) is 45.3 Å². The third kappa shape index (κ3) is 3.30. The van der Waals surface area contributed by atoms with Crippen LogP contribution >= 0.6 is 0 Å². The molecule has 0 bridgehead atoms. The van der Waals surface area contributed by atoms with E-state index in [2.05, 4.69) is 0 Å². The van der Waals surface area contributed by atoms with Crippen molar-refractivity contribution < 1.29 is 14.2 Å². The van der Waals surface area contributed by atoms with Crippen LogP contribution in [0.3, 0.4) is 0 Å². The lowest BCUT2D eigenvalue weighted by atomic mass is 9.78. The highest BCUT2D eigenvalue weighted by Crippen LogP contribution is 2.37. The fourth-order valence-corrected chi connectivity index (χ4v) is 2.65. The van der Waals surface area contributed by atoms with Gasteiger partial charge in [-0.1, -0.05) is 6.07 Å². The molecular formula is C15H21FO2. The molecule has 2 nitrogen and oxygen atoms in total. The Morgan fingerprint density at radius 3 is 2.72 bits per heavy atom. The van der Waals surface area contributed by atoms with Gasteiger partial charge in [0.1, 0.15) is 5.82 Å². The fraction of sp³-hybridized carbons (Fsp3) is 0.600. The van der Waals surface area contributed by atoms with Crippen LogP contribution in [-0.2, 0) is 4.74 Å². The van der Waals surface area contributed by atoms with Gasteiger partial charge in [0.15, 0.2) is 0 Å². The van der Waals surface area contributed by atoms with Crippen LogP contribution in [0.1, 0.15) is 43.4 Å². The summed E-state index contributed by atoms with van der Waals surface area (Å²) >= 11 is 0. The van der Waals surface area contributed by atoms with Crippen molar-refractivity contribution in [3.8, 4) is 0 Å². The predicted octanol–water partition coefficient (Wildman–Crippen LogP) is 3.37. The molecule has 1 aliphatic rings. The topological polar surface area (TPSA) is 29.5 Å². The second-order valence-corrected chi connectivity index (χ2v) is 5.23. The number of aryl methyl sites for hydroxylation is 1. The molecule has 1 aromatic carbocycles. The van der Waals surface area contributed by atoms with Crippen LogP contribution in [-0.4, -0.2) is 17.8 Å². The molecule has 0 aromatic heterocycles. The normalized spacial score (nSPS) is 24.7. The standard InChI is InChI=1S/C15H21FO2/c1-3-18-14-6-11(7-14)8-15(17)12-4-10(2)5-13(16)9-12/h4-5,9,11,14-15,17H,3,6-8H2,1-2H3. The molecule has 1 atom stereocenters. The first kappa shape index (κ1) is 13.5. The van der Waals surface area contributed by atoms with Crippen molar-refractivity contribution in [2.75, 3.05) is 6.61 Å². The minimum atomic E-state index is -0.563. The first-order valence-electron chi connectivity index (χ1n) is 6.65. The molecule has 100 valence electrons. The van der Waals surface area contributed by atoms with E-state index in [0.717, 1.165) is 25.0 Å². The Morgan fingerprint density at radius 1 is 1.39 bits per heavy atom. The van der Waals surface area contributed by atoms with Crippen LogP contribution in [0.2, 0.25) is 0 Å². The van der Waals surface area contributed by atoms with Gasteiger partial charge >= 0.3 is 0 Å². The van der Waals surface area contributed by atoms with Crippen molar-refractivity contribution in [3.05, 3.63) is 35.1 Å². The number of ether oxygens (including phenoxy) is 1. The Balaban J connectivity index is 1.87. The van der Waals surface area contributed by atoms with Crippen LogP contribution in [0.5, 0.6) is 0 Å². The van der Waals surface area contributed by atoms with Crippen LogP contribution in [0, 0.1) is 18.7 Å². The summed E-state index contributed by atoms with van der Waals surface area (Å²) in [5, 5.41) is 10.1. The highest BCUT2D eigenvalue weighted by atomic mass is 19.1. The van der Waals surface area contributed by atoms with Gasteiger partial charge in [-0.05, 0) is 62.3 Å². The molecule has 1 aromatic rings. The summed E-state index contributed by atoms with van der Waals surface area (Å²) in [6, 6.07) is 4.76. The molecule has 1 N–H and O–H groups in total. The van der Waals surface area contributed by atoms with Gasteiger partial charge in [-0.25, -0.2) is 4.39 Å². The molecule has 1 aliphatic carbocycles. The van der Waals surface area contributed by atoms with Gasteiger partial charge in [0, 0.05) is 6.61 Å². The quantitative estimate of drug-likeness (QED) is 0.870. The van der Waals surface area contributed by atoms with Crippen LogP contribution < -0.4 is 0 Å². The average molecular weight is 252 g/mol. The third-order valence-corrected chi connectivity index (χ3v) is 3.60. The molecule has 2 rings (SSSR count). The molecular weight excluding hydrogens is 231 g/mol. The van der Waals surface area contributed by atoms with Gasteiger partial charge in [0.25, 0.3) is 0 Å². The Bertz CT molecular complexity index is 379. The summed E-state index contributed by atoms with van der Waals surface area (Å²) in [5.74, 6) is 0.227. The van der Waals surface area contributed by atoms with Gasteiger partial charge in [-0.2, -0.15) is 0 Å². The molecule has 3 heteroatoms. The minimum absolute atomic E-state index is 0.273. The van der Waals surface area contributed by atoms with E-state index >= 15 is 0 Å². The van der Waals surface area contributed by atoms with Crippen LogP contribution in [0.15, 0.2) is 18.2 Å². The number of aliphatic hydroxyl groups is 1. The lowest BCUT2D eigenvalue weighted by molar-refractivity contribution is -0.0380. The number of halogens is 1. The molecule has 0 spiro atoms. The second kappa shape index (κ2) is 5.81. The van der Waals surface area contributed by atoms with E-state index in [9.17, 15) is 9.50 Å². The van der Waals surface area contributed by atoms with E-state index in [0.29, 0.717) is 24.0 Å². The molecule has 1 saturated carbocycles. The average Bonchev–Trinajstić information content (AvgIpc) is 2.24. The predicted molar refractivity (Wildman–Crippen MR) is 68.9 cm³/mol.